The van der Waals surface area contributed by atoms with Crippen molar-refractivity contribution in [1.29, 1.82) is 0 Å². The van der Waals surface area contributed by atoms with E-state index in [1.807, 2.05) is 7.05 Å². The monoisotopic (exact) mass is 342 g/mol. The Balaban J connectivity index is 3.10. The lowest BCUT2D eigenvalue weighted by Crippen LogP contribution is -2.41. The first kappa shape index (κ1) is 23.9. The Hall–Kier alpha value is -0.0800. The lowest BCUT2D eigenvalue weighted by atomic mass is 10.0. The highest BCUT2D eigenvalue weighted by Gasteiger charge is 2.15. The summed E-state index contributed by atoms with van der Waals surface area (Å²) in [7, 11) is 1.94. The molecule has 0 saturated heterocycles. The second-order valence-corrected chi connectivity index (χ2v) is 8.09. The van der Waals surface area contributed by atoms with E-state index in [1.54, 1.807) is 0 Å². The number of nitrogens with zero attached hydrogens (tertiary/aromatic N) is 1. The Bertz CT molecular complexity index is 240. The Labute approximate surface area is 153 Å². The van der Waals surface area contributed by atoms with Crippen LogP contribution in [0.3, 0.4) is 0 Å². The predicted molar refractivity (Wildman–Crippen MR) is 108 cm³/mol. The predicted octanol–water partition coefficient (Wildman–Crippen LogP) is 7.49. The van der Waals surface area contributed by atoms with Crippen molar-refractivity contribution < 1.29 is 9.85 Å². The van der Waals surface area contributed by atoms with Crippen LogP contribution in [0.25, 0.3) is 0 Å². The first-order chi connectivity index (χ1) is 11.6. The third-order valence-corrected chi connectivity index (χ3v) is 5.20. The van der Waals surface area contributed by atoms with Crippen LogP contribution < -0.4 is 0 Å². The van der Waals surface area contributed by atoms with Crippen molar-refractivity contribution >= 4 is 0 Å². The van der Waals surface area contributed by atoms with Crippen molar-refractivity contribution in [3.8, 4) is 0 Å². The third kappa shape index (κ3) is 18.3. The minimum absolute atomic E-state index is 0.217. The SMILES string of the molecule is CCCCCCCCCCCCCCCCCC[N+](C)(O)CCC. The van der Waals surface area contributed by atoms with Crippen LogP contribution in [0.4, 0.5) is 0 Å². The van der Waals surface area contributed by atoms with Gasteiger partial charge in [-0.3, -0.25) is 0 Å². The summed E-state index contributed by atoms with van der Waals surface area (Å²) in [5, 5.41) is 10.1. The number of hydroxylamine groups is 3. The minimum Gasteiger partial charge on any atom is -0.217 e. The van der Waals surface area contributed by atoms with Gasteiger partial charge >= 0.3 is 0 Å². The van der Waals surface area contributed by atoms with E-state index in [-0.39, 0.29) is 4.65 Å². The second kappa shape index (κ2) is 17.7. The van der Waals surface area contributed by atoms with E-state index in [0.29, 0.717) is 0 Å². The highest BCUT2D eigenvalue weighted by Crippen LogP contribution is 2.14. The Morgan fingerprint density at radius 3 is 1.12 bits per heavy atom. The van der Waals surface area contributed by atoms with Crippen LogP contribution in [-0.2, 0) is 0 Å². The van der Waals surface area contributed by atoms with Crippen LogP contribution in [0.5, 0.6) is 0 Å². The van der Waals surface area contributed by atoms with Gasteiger partial charge in [0.1, 0.15) is 13.1 Å². The summed E-state index contributed by atoms with van der Waals surface area (Å²) in [5.74, 6) is 0. The molecule has 0 aliphatic carbocycles. The first-order valence-electron chi connectivity index (χ1n) is 11.2. The number of rotatable bonds is 19. The largest absolute Gasteiger partial charge is 0.217 e. The van der Waals surface area contributed by atoms with Crippen LogP contribution in [0.15, 0.2) is 0 Å². The summed E-state index contributed by atoms with van der Waals surface area (Å²) < 4.78 is 0.217. The molecule has 0 bridgehead atoms. The van der Waals surface area contributed by atoms with Gasteiger partial charge in [-0.1, -0.05) is 104 Å². The number of hydrogen-bond donors (Lipinski definition) is 1. The molecule has 1 atom stereocenters. The molecule has 0 aromatic heterocycles. The van der Waals surface area contributed by atoms with E-state index in [2.05, 4.69) is 13.8 Å². The number of hydrogen-bond acceptors (Lipinski definition) is 1. The smallest absolute Gasteiger partial charge is 0.108 e. The molecule has 0 heterocycles. The van der Waals surface area contributed by atoms with Crippen LogP contribution in [0.1, 0.15) is 123 Å². The molecule has 146 valence electrons. The molecule has 1 N–H and O–H groups in total. The number of unbranched alkanes of at least 4 members (excludes halogenated alkanes) is 15. The van der Waals surface area contributed by atoms with Crippen molar-refractivity contribution in [3.05, 3.63) is 0 Å². The quantitative estimate of drug-likeness (QED) is 0.146. The van der Waals surface area contributed by atoms with Gasteiger partial charge < -0.3 is 0 Å². The van der Waals surface area contributed by atoms with Gasteiger partial charge in [0.05, 0.1) is 7.05 Å². The summed E-state index contributed by atoms with van der Waals surface area (Å²) in [5.41, 5.74) is 0. The average molecular weight is 343 g/mol. The van der Waals surface area contributed by atoms with Gasteiger partial charge in [-0.15, -0.1) is 0 Å². The highest BCUT2D eigenvalue weighted by atomic mass is 16.5. The fourth-order valence-electron chi connectivity index (χ4n) is 3.59. The van der Waals surface area contributed by atoms with E-state index in [9.17, 15) is 5.21 Å². The van der Waals surface area contributed by atoms with Crippen LogP contribution >= 0.6 is 0 Å². The molecule has 1 unspecified atom stereocenters. The standard InChI is InChI=1S/C22H48NO/c1-4-6-7-8-9-10-11-12-13-14-15-16-17-18-19-20-22-23(3,24)21-5-2/h24H,4-22H2,1-3H3/q+1. The highest BCUT2D eigenvalue weighted by molar-refractivity contribution is 4.50. The van der Waals surface area contributed by atoms with Crippen molar-refractivity contribution in [3.63, 3.8) is 0 Å². The van der Waals surface area contributed by atoms with E-state index in [4.69, 9.17) is 0 Å². The molecule has 0 aliphatic rings. The molecule has 0 aromatic rings. The molecular formula is C22H48NO+. The molecule has 2 heteroatoms. The van der Waals surface area contributed by atoms with Gasteiger partial charge in [-0.05, 0) is 19.3 Å². The zero-order valence-corrected chi connectivity index (χ0v) is 17.3. The van der Waals surface area contributed by atoms with Crippen molar-refractivity contribution in [2.24, 2.45) is 0 Å². The molecular weight excluding hydrogens is 294 g/mol. The molecule has 0 amide bonds. The normalized spacial score (nSPS) is 14.0. The topological polar surface area (TPSA) is 20.2 Å². The van der Waals surface area contributed by atoms with E-state index in [1.165, 1.54) is 103 Å². The summed E-state index contributed by atoms with van der Waals surface area (Å²) >= 11 is 0. The molecule has 0 radical (unpaired) electrons. The maximum atomic E-state index is 10.1. The number of quaternary nitrogens is 1. The summed E-state index contributed by atoms with van der Waals surface area (Å²) in [6.45, 7) is 6.24. The zero-order valence-electron chi connectivity index (χ0n) is 17.3. The molecule has 0 saturated carbocycles. The fraction of sp³-hybridized carbons (Fsp3) is 1.00. The van der Waals surface area contributed by atoms with Gasteiger partial charge in [0.15, 0.2) is 0 Å². The summed E-state index contributed by atoms with van der Waals surface area (Å²) in [6, 6.07) is 0. The Morgan fingerprint density at radius 2 is 0.792 bits per heavy atom. The first-order valence-corrected chi connectivity index (χ1v) is 11.2. The maximum Gasteiger partial charge on any atom is 0.108 e. The molecule has 0 aromatic carbocycles. The maximum absolute atomic E-state index is 10.1. The van der Waals surface area contributed by atoms with Gasteiger partial charge in [0.25, 0.3) is 0 Å². The lowest BCUT2D eigenvalue weighted by Gasteiger charge is -2.24. The Kier molecular flexibility index (Phi) is 17.7. The van der Waals surface area contributed by atoms with Crippen molar-refractivity contribution in [2.75, 3.05) is 20.1 Å². The molecule has 0 fully saturated rings. The minimum atomic E-state index is 0.217. The Morgan fingerprint density at radius 1 is 0.458 bits per heavy atom. The zero-order chi connectivity index (χ0) is 17.9. The molecule has 2 nitrogen and oxygen atoms in total. The summed E-state index contributed by atoms with van der Waals surface area (Å²) in [6.07, 6.45) is 23.5. The van der Waals surface area contributed by atoms with Crippen LogP contribution in [0, 0.1) is 0 Å². The molecule has 0 aliphatic heterocycles. The second-order valence-electron chi connectivity index (χ2n) is 8.09. The summed E-state index contributed by atoms with van der Waals surface area (Å²) in [4.78, 5) is 0. The van der Waals surface area contributed by atoms with E-state index >= 15 is 0 Å². The lowest BCUT2D eigenvalue weighted by molar-refractivity contribution is -1.09. The molecule has 0 rings (SSSR count). The van der Waals surface area contributed by atoms with Gasteiger partial charge in [0.2, 0.25) is 0 Å². The molecule has 24 heavy (non-hydrogen) atoms. The van der Waals surface area contributed by atoms with Crippen LogP contribution in [0.2, 0.25) is 0 Å². The third-order valence-electron chi connectivity index (χ3n) is 5.20. The van der Waals surface area contributed by atoms with Crippen molar-refractivity contribution in [2.45, 2.75) is 123 Å². The van der Waals surface area contributed by atoms with E-state index < -0.39 is 0 Å². The van der Waals surface area contributed by atoms with E-state index in [0.717, 1.165) is 19.5 Å². The fourth-order valence-corrected chi connectivity index (χ4v) is 3.59. The average Bonchev–Trinajstić information content (AvgIpc) is 2.54. The van der Waals surface area contributed by atoms with Crippen LogP contribution in [-0.4, -0.2) is 30.0 Å². The van der Waals surface area contributed by atoms with Gasteiger partial charge in [-0.2, -0.15) is 4.65 Å². The molecule has 0 spiro atoms. The van der Waals surface area contributed by atoms with Crippen molar-refractivity contribution in [1.82, 2.24) is 0 Å². The van der Waals surface area contributed by atoms with Gasteiger partial charge in [0, 0.05) is 0 Å². The van der Waals surface area contributed by atoms with Gasteiger partial charge in [-0.25, -0.2) is 5.21 Å².